The summed E-state index contributed by atoms with van der Waals surface area (Å²) in [7, 11) is 2.79. The summed E-state index contributed by atoms with van der Waals surface area (Å²) in [6.45, 7) is 9.06. The van der Waals surface area contributed by atoms with E-state index in [1.165, 1.54) is 32.4 Å². The van der Waals surface area contributed by atoms with Crippen molar-refractivity contribution < 1.29 is 0 Å². The molecular weight excluding hydrogens is 317 g/mol. The van der Waals surface area contributed by atoms with E-state index in [1.807, 2.05) is 49.6 Å². The highest BCUT2D eigenvalue weighted by Gasteiger charge is 2.16. The fraction of sp³-hybridized carbons (Fsp3) is 0.579. The fourth-order valence-electron chi connectivity index (χ4n) is 3.32. The number of aryl methyl sites for hydroxylation is 1. The van der Waals surface area contributed by atoms with Gasteiger partial charge in [-0.25, -0.2) is 4.98 Å². The van der Waals surface area contributed by atoms with E-state index in [9.17, 15) is 4.79 Å². The predicted molar refractivity (Wildman–Crippen MR) is 105 cm³/mol. The molecule has 1 aliphatic rings. The van der Waals surface area contributed by atoms with Gasteiger partial charge < -0.3 is 0 Å². The van der Waals surface area contributed by atoms with E-state index >= 15 is 0 Å². The summed E-state index contributed by atoms with van der Waals surface area (Å²) in [6.07, 6.45) is 4.81. The van der Waals surface area contributed by atoms with Gasteiger partial charge >= 0.3 is 0 Å². The molecule has 24 heavy (non-hydrogen) atoms. The summed E-state index contributed by atoms with van der Waals surface area (Å²) in [4.78, 5) is 17.2. The lowest BCUT2D eigenvalue weighted by Crippen LogP contribution is -2.27. The molecule has 1 aromatic heterocycles. The van der Waals surface area contributed by atoms with Gasteiger partial charge in [0.2, 0.25) is 0 Å². The van der Waals surface area contributed by atoms with E-state index in [0.717, 1.165) is 35.6 Å². The van der Waals surface area contributed by atoms with Crippen molar-refractivity contribution in [2.45, 2.75) is 53.0 Å². The molecule has 0 bridgehead atoms. The lowest BCUT2D eigenvalue weighted by atomic mass is 9.93. The number of para-hydroxylation sites is 1. The van der Waals surface area contributed by atoms with E-state index in [1.54, 1.807) is 0 Å². The molecule has 1 aromatic carbocycles. The number of fused-ring (bicyclic) bond motifs is 1. The van der Waals surface area contributed by atoms with Crippen LogP contribution >= 0.6 is 9.39 Å². The number of nitrogens with zero attached hydrogens (tertiary/aromatic N) is 3. The van der Waals surface area contributed by atoms with Gasteiger partial charge in [0.1, 0.15) is 5.82 Å². The molecule has 4 nitrogen and oxygen atoms in total. The van der Waals surface area contributed by atoms with Crippen LogP contribution in [0.15, 0.2) is 29.1 Å². The van der Waals surface area contributed by atoms with Crippen molar-refractivity contribution in [1.82, 2.24) is 14.2 Å². The predicted octanol–water partition coefficient (Wildman–Crippen LogP) is 4.01. The number of aromatic nitrogens is 2. The Bertz CT molecular complexity index is 705. The van der Waals surface area contributed by atoms with Crippen molar-refractivity contribution >= 4 is 20.3 Å². The molecular formula is C19H30N3OP. The second kappa shape index (κ2) is 9.29. The highest BCUT2D eigenvalue weighted by molar-refractivity contribution is 7.13. The Morgan fingerprint density at radius 2 is 1.88 bits per heavy atom. The summed E-state index contributed by atoms with van der Waals surface area (Å²) >= 11 is 0. The number of hydrogen-bond donors (Lipinski definition) is 0. The smallest absolute Gasteiger partial charge is 0.261 e. The molecule has 1 saturated heterocycles. The fourth-order valence-corrected chi connectivity index (χ4v) is 3.62. The van der Waals surface area contributed by atoms with Gasteiger partial charge in [-0.2, -0.15) is 0 Å². The molecule has 2 heterocycles. The molecule has 0 amide bonds. The summed E-state index contributed by atoms with van der Waals surface area (Å²) in [5.41, 5.74) is 0.900. The maximum Gasteiger partial charge on any atom is 0.261 e. The van der Waals surface area contributed by atoms with Crippen LogP contribution in [0.4, 0.5) is 0 Å². The SMILES string of the molecule is CC.Cc1nc2ccccc2c(=O)n1CCCC1CCN(P)CC1. The maximum absolute atomic E-state index is 12.6. The third kappa shape index (κ3) is 4.64. The summed E-state index contributed by atoms with van der Waals surface area (Å²) in [5.74, 6) is 1.63. The Labute approximate surface area is 147 Å². The van der Waals surface area contributed by atoms with E-state index in [2.05, 4.69) is 19.0 Å². The molecule has 3 rings (SSSR count). The average molecular weight is 347 g/mol. The molecule has 1 fully saturated rings. The van der Waals surface area contributed by atoms with Gasteiger partial charge in [-0.3, -0.25) is 14.0 Å². The largest absolute Gasteiger partial charge is 0.296 e. The van der Waals surface area contributed by atoms with Gasteiger partial charge in [-0.1, -0.05) is 35.4 Å². The molecule has 132 valence electrons. The normalized spacial score (nSPS) is 16.0. The molecule has 0 aliphatic carbocycles. The third-order valence-electron chi connectivity index (χ3n) is 4.70. The topological polar surface area (TPSA) is 38.1 Å². The summed E-state index contributed by atoms with van der Waals surface area (Å²) < 4.78 is 4.16. The molecule has 1 aliphatic heterocycles. The van der Waals surface area contributed by atoms with Gasteiger partial charge in [0, 0.05) is 19.6 Å². The Balaban J connectivity index is 0.00000100. The van der Waals surface area contributed by atoms with Crippen molar-refractivity contribution in [2.75, 3.05) is 13.1 Å². The van der Waals surface area contributed by atoms with Crippen molar-refractivity contribution in [3.8, 4) is 0 Å². The Hall–Kier alpha value is -1.25. The van der Waals surface area contributed by atoms with Crippen LogP contribution < -0.4 is 5.56 Å². The molecule has 0 spiro atoms. The molecule has 0 N–H and O–H groups in total. The second-order valence-electron chi connectivity index (χ2n) is 6.25. The monoisotopic (exact) mass is 347 g/mol. The first-order valence-corrected chi connectivity index (χ1v) is 9.62. The van der Waals surface area contributed by atoms with Crippen LogP contribution in [0.3, 0.4) is 0 Å². The number of piperidine rings is 1. The molecule has 0 radical (unpaired) electrons. The van der Waals surface area contributed by atoms with E-state index in [-0.39, 0.29) is 5.56 Å². The van der Waals surface area contributed by atoms with E-state index in [4.69, 9.17) is 0 Å². The first-order chi connectivity index (χ1) is 11.6. The van der Waals surface area contributed by atoms with Crippen LogP contribution in [0.25, 0.3) is 10.9 Å². The van der Waals surface area contributed by atoms with Crippen LogP contribution in [0.2, 0.25) is 0 Å². The summed E-state index contributed by atoms with van der Waals surface area (Å²) in [6, 6.07) is 7.61. The van der Waals surface area contributed by atoms with Crippen LogP contribution in [0.1, 0.15) is 45.4 Å². The number of hydrogen-bond acceptors (Lipinski definition) is 3. The Morgan fingerprint density at radius 3 is 2.58 bits per heavy atom. The zero-order valence-electron chi connectivity index (χ0n) is 15.2. The zero-order valence-corrected chi connectivity index (χ0v) is 16.3. The maximum atomic E-state index is 12.6. The van der Waals surface area contributed by atoms with Gasteiger partial charge in [-0.15, -0.1) is 0 Å². The number of benzene rings is 1. The Kier molecular flexibility index (Phi) is 7.39. The second-order valence-corrected chi connectivity index (χ2v) is 6.98. The van der Waals surface area contributed by atoms with E-state index < -0.39 is 0 Å². The van der Waals surface area contributed by atoms with Crippen molar-refractivity contribution in [3.05, 3.63) is 40.4 Å². The lowest BCUT2D eigenvalue weighted by molar-refractivity contribution is 0.271. The minimum atomic E-state index is 0.0999. The minimum Gasteiger partial charge on any atom is -0.296 e. The van der Waals surface area contributed by atoms with Crippen molar-refractivity contribution in [3.63, 3.8) is 0 Å². The quantitative estimate of drug-likeness (QED) is 0.784. The first kappa shape index (κ1) is 19.1. The first-order valence-electron chi connectivity index (χ1n) is 9.11. The Morgan fingerprint density at radius 1 is 1.21 bits per heavy atom. The van der Waals surface area contributed by atoms with Crippen LogP contribution in [-0.2, 0) is 6.54 Å². The lowest BCUT2D eigenvalue weighted by Gasteiger charge is -2.28. The standard InChI is InChI=1S/C17H24N3OP.C2H6/c1-13-18-16-7-3-2-6-15(16)17(21)20(13)10-4-5-14-8-11-19(22)12-9-14;1-2/h2-3,6-7,14H,4-5,8-12,22H2,1H3;1-2H3. The summed E-state index contributed by atoms with van der Waals surface area (Å²) in [5, 5.41) is 0.726. The highest BCUT2D eigenvalue weighted by Crippen LogP contribution is 2.23. The third-order valence-corrected chi connectivity index (χ3v) is 5.21. The van der Waals surface area contributed by atoms with Crippen LogP contribution in [0, 0.1) is 12.8 Å². The van der Waals surface area contributed by atoms with E-state index in [0.29, 0.717) is 0 Å². The highest BCUT2D eigenvalue weighted by atomic mass is 31.0. The van der Waals surface area contributed by atoms with Crippen LogP contribution in [0.5, 0.6) is 0 Å². The molecule has 1 unspecified atom stereocenters. The number of rotatable bonds is 4. The molecule has 5 heteroatoms. The van der Waals surface area contributed by atoms with Crippen LogP contribution in [-0.4, -0.2) is 27.3 Å². The minimum absolute atomic E-state index is 0.0999. The van der Waals surface area contributed by atoms with Gasteiger partial charge in [0.25, 0.3) is 5.56 Å². The molecule has 0 saturated carbocycles. The van der Waals surface area contributed by atoms with Crippen molar-refractivity contribution in [2.24, 2.45) is 5.92 Å². The van der Waals surface area contributed by atoms with Gasteiger partial charge in [0.05, 0.1) is 10.9 Å². The molecule has 2 aromatic rings. The van der Waals surface area contributed by atoms with Gasteiger partial charge in [0.15, 0.2) is 0 Å². The molecule has 1 atom stereocenters. The zero-order chi connectivity index (χ0) is 17.5. The average Bonchev–Trinajstić information content (AvgIpc) is 2.61. The van der Waals surface area contributed by atoms with Crippen molar-refractivity contribution in [1.29, 1.82) is 0 Å². The van der Waals surface area contributed by atoms with Gasteiger partial charge in [-0.05, 0) is 50.7 Å².